The Hall–Kier alpha value is -0.730. The molecule has 106 valence electrons. The quantitative estimate of drug-likeness (QED) is 0.684. The Kier molecular flexibility index (Phi) is 3.01. The third-order valence-electron chi connectivity index (χ3n) is 5.07. The molecular weight excluding hydrogens is 291 g/mol. The summed E-state index contributed by atoms with van der Waals surface area (Å²) in [5.74, 6) is 2.70. The van der Waals surface area contributed by atoms with Crippen LogP contribution >= 0.6 is 23.2 Å². The molecule has 2 aliphatic carbocycles. The molecule has 4 unspecified atom stereocenters. The van der Waals surface area contributed by atoms with Gasteiger partial charge in [-0.1, -0.05) is 18.0 Å². The minimum absolute atomic E-state index is 0.0692. The van der Waals surface area contributed by atoms with Gasteiger partial charge in [-0.15, -0.1) is 11.6 Å². The van der Waals surface area contributed by atoms with Crippen LogP contribution in [-0.4, -0.2) is 9.55 Å². The maximum absolute atomic E-state index is 6.38. The molecule has 2 nitrogen and oxygen atoms in total. The molecule has 4 heteroatoms. The Morgan fingerprint density at radius 3 is 2.80 bits per heavy atom. The summed E-state index contributed by atoms with van der Waals surface area (Å²) in [6.07, 6.45) is 5.41. The second kappa shape index (κ2) is 4.64. The van der Waals surface area contributed by atoms with Gasteiger partial charge < -0.3 is 4.57 Å². The van der Waals surface area contributed by atoms with Gasteiger partial charge in [0.25, 0.3) is 0 Å². The Bertz CT molecular complexity index is 662. The van der Waals surface area contributed by atoms with Crippen molar-refractivity contribution in [1.29, 1.82) is 0 Å². The molecular formula is C16H18Cl2N2. The lowest BCUT2D eigenvalue weighted by atomic mass is 9.95. The summed E-state index contributed by atoms with van der Waals surface area (Å²) < 4.78 is 2.39. The zero-order valence-corrected chi connectivity index (χ0v) is 13.0. The van der Waals surface area contributed by atoms with Crippen molar-refractivity contribution >= 4 is 34.2 Å². The van der Waals surface area contributed by atoms with E-state index in [2.05, 4.69) is 4.57 Å². The van der Waals surface area contributed by atoms with Crippen molar-refractivity contribution in [2.75, 3.05) is 0 Å². The van der Waals surface area contributed by atoms with E-state index in [4.69, 9.17) is 28.2 Å². The second-order valence-electron chi connectivity index (χ2n) is 6.33. The number of halogens is 2. The van der Waals surface area contributed by atoms with Crippen LogP contribution < -0.4 is 0 Å². The lowest BCUT2D eigenvalue weighted by Gasteiger charge is -2.26. The van der Waals surface area contributed by atoms with E-state index in [-0.39, 0.29) is 5.38 Å². The number of hydrogen-bond acceptors (Lipinski definition) is 1. The highest BCUT2D eigenvalue weighted by Gasteiger charge is 2.42. The van der Waals surface area contributed by atoms with E-state index < -0.39 is 0 Å². The molecule has 2 bridgehead atoms. The first-order valence-corrected chi connectivity index (χ1v) is 8.26. The fraction of sp³-hybridized carbons (Fsp3) is 0.562. The fourth-order valence-electron chi connectivity index (χ4n) is 4.24. The van der Waals surface area contributed by atoms with Gasteiger partial charge in [-0.05, 0) is 56.2 Å². The smallest absolute Gasteiger partial charge is 0.127 e. The molecule has 2 fully saturated rings. The van der Waals surface area contributed by atoms with Crippen molar-refractivity contribution in [2.45, 2.75) is 44.0 Å². The molecule has 1 aromatic carbocycles. The van der Waals surface area contributed by atoms with Crippen LogP contribution in [0.1, 0.15) is 49.9 Å². The van der Waals surface area contributed by atoms with E-state index in [1.807, 2.05) is 25.1 Å². The lowest BCUT2D eigenvalue weighted by Crippen LogP contribution is -2.18. The average Bonchev–Trinajstić information content (AvgIpc) is 3.10. The van der Waals surface area contributed by atoms with Gasteiger partial charge in [-0.25, -0.2) is 4.98 Å². The summed E-state index contributed by atoms with van der Waals surface area (Å²) >= 11 is 12.6. The average molecular weight is 309 g/mol. The van der Waals surface area contributed by atoms with Gasteiger partial charge in [0.05, 0.1) is 16.4 Å². The van der Waals surface area contributed by atoms with Crippen LogP contribution in [0.3, 0.4) is 0 Å². The lowest BCUT2D eigenvalue weighted by molar-refractivity contribution is 0.329. The minimum Gasteiger partial charge on any atom is -0.323 e. The van der Waals surface area contributed by atoms with Gasteiger partial charge >= 0.3 is 0 Å². The van der Waals surface area contributed by atoms with Crippen molar-refractivity contribution in [3.05, 3.63) is 29.0 Å². The predicted molar refractivity (Wildman–Crippen MR) is 83.5 cm³/mol. The topological polar surface area (TPSA) is 17.8 Å². The Labute approximate surface area is 129 Å². The number of rotatable bonds is 2. The van der Waals surface area contributed by atoms with E-state index >= 15 is 0 Å². The monoisotopic (exact) mass is 308 g/mol. The first-order valence-electron chi connectivity index (χ1n) is 7.45. The molecule has 0 aliphatic heterocycles. The molecule has 0 saturated heterocycles. The maximum atomic E-state index is 6.38. The van der Waals surface area contributed by atoms with Gasteiger partial charge in [0, 0.05) is 11.1 Å². The zero-order valence-electron chi connectivity index (χ0n) is 11.5. The molecule has 0 spiro atoms. The summed E-state index contributed by atoms with van der Waals surface area (Å²) in [5.41, 5.74) is 2.16. The highest BCUT2D eigenvalue weighted by atomic mass is 35.5. The molecule has 2 aliphatic rings. The Balaban J connectivity index is 1.91. The Morgan fingerprint density at radius 1 is 1.30 bits per heavy atom. The van der Waals surface area contributed by atoms with E-state index in [9.17, 15) is 0 Å². The molecule has 4 atom stereocenters. The fourth-order valence-corrected chi connectivity index (χ4v) is 4.56. The molecule has 20 heavy (non-hydrogen) atoms. The van der Waals surface area contributed by atoms with Gasteiger partial charge in [0.15, 0.2) is 0 Å². The van der Waals surface area contributed by atoms with Gasteiger partial charge in [0.2, 0.25) is 0 Å². The van der Waals surface area contributed by atoms with Crippen molar-refractivity contribution in [1.82, 2.24) is 9.55 Å². The summed E-state index contributed by atoms with van der Waals surface area (Å²) in [6.45, 7) is 2.01. The summed E-state index contributed by atoms with van der Waals surface area (Å²) in [7, 11) is 0. The van der Waals surface area contributed by atoms with Crippen LogP contribution in [0.25, 0.3) is 11.0 Å². The van der Waals surface area contributed by atoms with Crippen molar-refractivity contribution < 1.29 is 0 Å². The molecule has 2 saturated carbocycles. The van der Waals surface area contributed by atoms with Crippen LogP contribution in [0.5, 0.6) is 0 Å². The third-order valence-corrected chi connectivity index (χ3v) is 5.50. The van der Waals surface area contributed by atoms with Crippen molar-refractivity contribution in [3.63, 3.8) is 0 Å². The predicted octanol–water partition coefficient (Wildman–Crippen LogP) is 5.35. The Morgan fingerprint density at radius 2 is 2.15 bits per heavy atom. The van der Waals surface area contributed by atoms with E-state index in [1.54, 1.807) is 0 Å². The number of nitrogens with zero attached hydrogens (tertiary/aromatic N) is 2. The molecule has 1 heterocycles. The molecule has 4 rings (SSSR count). The number of alkyl halides is 1. The molecule has 0 amide bonds. The molecule has 2 aromatic rings. The van der Waals surface area contributed by atoms with Gasteiger partial charge in [-0.3, -0.25) is 0 Å². The van der Waals surface area contributed by atoms with E-state index in [0.29, 0.717) is 6.04 Å². The number of fused-ring (bicyclic) bond motifs is 3. The third kappa shape index (κ3) is 1.88. The number of benzene rings is 1. The number of aromatic nitrogens is 2. The van der Waals surface area contributed by atoms with Crippen molar-refractivity contribution in [2.24, 2.45) is 11.8 Å². The largest absolute Gasteiger partial charge is 0.323 e. The minimum atomic E-state index is -0.0692. The van der Waals surface area contributed by atoms with Gasteiger partial charge in [-0.2, -0.15) is 0 Å². The highest BCUT2D eigenvalue weighted by molar-refractivity contribution is 6.31. The molecule has 1 aromatic heterocycles. The number of hydrogen-bond donors (Lipinski definition) is 0. The molecule has 0 N–H and O–H groups in total. The summed E-state index contributed by atoms with van der Waals surface area (Å²) in [6, 6.07) is 6.52. The normalized spacial score (nSPS) is 30.2. The van der Waals surface area contributed by atoms with E-state index in [0.717, 1.165) is 33.7 Å². The van der Waals surface area contributed by atoms with Gasteiger partial charge in [0.1, 0.15) is 5.82 Å². The summed E-state index contributed by atoms with van der Waals surface area (Å²) in [4.78, 5) is 4.75. The summed E-state index contributed by atoms with van der Waals surface area (Å²) in [5, 5.41) is 0.705. The SMILES string of the molecule is CC(Cl)c1nc2ccc(Cl)cc2n1C1CC2CCC1C2. The van der Waals surface area contributed by atoms with Crippen LogP contribution in [0, 0.1) is 11.8 Å². The van der Waals surface area contributed by atoms with Crippen LogP contribution in [0.15, 0.2) is 18.2 Å². The van der Waals surface area contributed by atoms with Crippen molar-refractivity contribution in [3.8, 4) is 0 Å². The van der Waals surface area contributed by atoms with Crippen LogP contribution in [-0.2, 0) is 0 Å². The van der Waals surface area contributed by atoms with Crippen LogP contribution in [0.2, 0.25) is 5.02 Å². The standard InChI is InChI=1S/C16H18Cl2N2/c1-9(17)16-19-13-5-4-12(18)8-15(13)20(16)14-7-10-2-3-11(14)6-10/h4-5,8-11,14H,2-3,6-7H2,1H3. The van der Waals surface area contributed by atoms with E-state index in [1.165, 1.54) is 25.7 Å². The first kappa shape index (κ1) is 13.0. The maximum Gasteiger partial charge on any atom is 0.127 e. The number of imidazole rings is 1. The first-order chi connectivity index (χ1) is 9.63. The van der Waals surface area contributed by atoms with Crippen LogP contribution in [0.4, 0.5) is 0 Å². The molecule has 0 radical (unpaired) electrons. The second-order valence-corrected chi connectivity index (χ2v) is 7.42. The highest BCUT2D eigenvalue weighted by Crippen LogP contribution is 2.52. The zero-order chi connectivity index (χ0) is 13.9.